The van der Waals surface area contributed by atoms with Gasteiger partial charge in [-0.05, 0) is 37.8 Å². The summed E-state index contributed by atoms with van der Waals surface area (Å²) in [4.78, 5) is 4.69. The topological polar surface area (TPSA) is 24.9 Å². The van der Waals surface area contributed by atoms with E-state index in [9.17, 15) is 0 Å². The Hall–Kier alpha value is -0.930. The number of hydrogen-bond acceptors (Lipinski definition) is 3. The highest BCUT2D eigenvalue weighted by Gasteiger charge is 2.19. The average Bonchev–Trinajstić information content (AvgIpc) is 2.88. The first-order valence-electron chi connectivity index (χ1n) is 7.41. The lowest BCUT2D eigenvalue weighted by atomic mass is 9.84. The number of fused-ring (bicyclic) bond motifs is 1. The summed E-state index contributed by atoms with van der Waals surface area (Å²) >= 11 is 1.81. The molecule has 1 aromatic carbocycles. The molecule has 1 atom stereocenters. The molecule has 0 spiro atoms. The molecular weight excluding hydrogens is 252 g/mol. The van der Waals surface area contributed by atoms with Gasteiger partial charge in [-0.25, -0.2) is 4.98 Å². The van der Waals surface area contributed by atoms with Gasteiger partial charge in [-0.15, -0.1) is 11.3 Å². The van der Waals surface area contributed by atoms with Crippen molar-refractivity contribution >= 4 is 21.6 Å². The Kier molecular flexibility index (Phi) is 4.14. The molecule has 1 N–H and O–H groups in total. The highest BCUT2D eigenvalue weighted by Crippen LogP contribution is 2.27. The molecule has 1 saturated carbocycles. The van der Waals surface area contributed by atoms with Crippen molar-refractivity contribution in [2.75, 3.05) is 0 Å². The van der Waals surface area contributed by atoms with Crippen LogP contribution in [-0.4, -0.2) is 11.0 Å². The van der Waals surface area contributed by atoms with Gasteiger partial charge in [-0.1, -0.05) is 31.4 Å². The Morgan fingerprint density at radius 3 is 2.84 bits per heavy atom. The highest BCUT2D eigenvalue weighted by molar-refractivity contribution is 7.18. The van der Waals surface area contributed by atoms with Crippen LogP contribution in [-0.2, 0) is 6.54 Å². The standard InChI is InChI=1S/C16H22N2S/c1-12(13-7-3-2-4-8-13)17-11-16-18-14-9-5-6-10-15(14)19-16/h5-6,9-10,12-13,17H,2-4,7-8,11H2,1H3/t12-/m0/s1. The summed E-state index contributed by atoms with van der Waals surface area (Å²) in [5.41, 5.74) is 1.13. The molecule has 2 nitrogen and oxygen atoms in total. The number of nitrogens with zero attached hydrogens (tertiary/aromatic N) is 1. The van der Waals surface area contributed by atoms with Crippen molar-refractivity contribution in [2.24, 2.45) is 5.92 Å². The van der Waals surface area contributed by atoms with Crippen molar-refractivity contribution in [3.8, 4) is 0 Å². The van der Waals surface area contributed by atoms with E-state index in [2.05, 4.69) is 41.5 Å². The molecule has 3 rings (SSSR count). The zero-order chi connectivity index (χ0) is 13.1. The summed E-state index contributed by atoms with van der Waals surface area (Å²) in [5, 5.41) is 4.89. The molecule has 2 aromatic rings. The summed E-state index contributed by atoms with van der Waals surface area (Å²) in [5.74, 6) is 0.864. The third kappa shape index (κ3) is 3.15. The van der Waals surface area contributed by atoms with Gasteiger partial charge in [0.2, 0.25) is 0 Å². The van der Waals surface area contributed by atoms with Crippen LogP contribution in [0.25, 0.3) is 10.2 Å². The molecule has 3 heteroatoms. The number of hydrogen-bond donors (Lipinski definition) is 1. The first kappa shape index (κ1) is 13.1. The lowest BCUT2D eigenvalue weighted by Crippen LogP contribution is -2.34. The van der Waals surface area contributed by atoms with E-state index in [1.165, 1.54) is 41.8 Å². The van der Waals surface area contributed by atoms with E-state index >= 15 is 0 Å². The molecule has 0 aliphatic heterocycles. The number of nitrogens with one attached hydrogen (secondary N) is 1. The van der Waals surface area contributed by atoms with Crippen LogP contribution in [0.1, 0.15) is 44.0 Å². The van der Waals surface area contributed by atoms with Gasteiger partial charge < -0.3 is 5.32 Å². The van der Waals surface area contributed by atoms with Gasteiger partial charge in [-0.3, -0.25) is 0 Å². The van der Waals surface area contributed by atoms with Crippen LogP contribution in [0.2, 0.25) is 0 Å². The van der Waals surface area contributed by atoms with Crippen LogP contribution in [0, 0.1) is 5.92 Å². The van der Waals surface area contributed by atoms with Crippen LogP contribution in [0.4, 0.5) is 0 Å². The summed E-state index contributed by atoms with van der Waals surface area (Å²) in [6.07, 6.45) is 7.05. The number of benzene rings is 1. The van der Waals surface area contributed by atoms with Gasteiger partial charge in [0.1, 0.15) is 5.01 Å². The second kappa shape index (κ2) is 6.02. The number of para-hydroxylation sites is 1. The number of aromatic nitrogens is 1. The fourth-order valence-electron chi connectivity index (χ4n) is 3.04. The van der Waals surface area contributed by atoms with Gasteiger partial charge in [0.25, 0.3) is 0 Å². The predicted octanol–water partition coefficient (Wildman–Crippen LogP) is 4.35. The van der Waals surface area contributed by atoms with Crippen molar-refractivity contribution in [3.63, 3.8) is 0 Å². The summed E-state index contributed by atoms with van der Waals surface area (Å²) in [7, 11) is 0. The van der Waals surface area contributed by atoms with Crippen molar-refractivity contribution in [1.29, 1.82) is 0 Å². The van der Waals surface area contributed by atoms with Gasteiger partial charge in [0, 0.05) is 12.6 Å². The van der Waals surface area contributed by atoms with E-state index in [1.807, 2.05) is 11.3 Å². The van der Waals surface area contributed by atoms with Gasteiger partial charge in [0.05, 0.1) is 10.2 Å². The molecule has 19 heavy (non-hydrogen) atoms. The molecule has 1 aliphatic carbocycles. The normalized spacial score (nSPS) is 18.8. The number of thiazole rings is 1. The summed E-state index contributed by atoms with van der Waals surface area (Å²) in [6, 6.07) is 9.01. The number of rotatable bonds is 4. The minimum absolute atomic E-state index is 0.618. The molecule has 0 bridgehead atoms. The maximum absolute atomic E-state index is 4.69. The van der Waals surface area contributed by atoms with E-state index in [-0.39, 0.29) is 0 Å². The quantitative estimate of drug-likeness (QED) is 0.896. The molecule has 0 saturated heterocycles. The van der Waals surface area contributed by atoms with Gasteiger partial charge in [-0.2, -0.15) is 0 Å². The molecule has 1 aliphatic rings. The zero-order valence-corrected chi connectivity index (χ0v) is 12.4. The smallest absolute Gasteiger partial charge is 0.108 e. The second-order valence-electron chi connectivity index (χ2n) is 5.64. The Morgan fingerprint density at radius 1 is 1.26 bits per heavy atom. The fourth-order valence-corrected chi connectivity index (χ4v) is 3.96. The Bertz CT molecular complexity index is 495. The van der Waals surface area contributed by atoms with Crippen molar-refractivity contribution in [2.45, 2.75) is 51.6 Å². The minimum atomic E-state index is 0.618. The fraction of sp³-hybridized carbons (Fsp3) is 0.562. The third-order valence-corrected chi connectivity index (χ3v) is 5.31. The molecular formula is C16H22N2S. The second-order valence-corrected chi connectivity index (χ2v) is 6.76. The van der Waals surface area contributed by atoms with E-state index in [4.69, 9.17) is 0 Å². The molecule has 1 heterocycles. The lowest BCUT2D eigenvalue weighted by Gasteiger charge is -2.28. The van der Waals surface area contributed by atoms with Gasteiger partial charge in [0.15, 0.2) is 0 Å². The zero-order valence-electron chi connectivity index (χ0n) is 11.6. The average molecular weight is 274 g/mol. The minimum Gasteiger partial charge on any atom is -0.308 e. The maximum Gasteiger partial charge on any atom is 0.108 e. The van der Waals surface area contributed by atoms with Crippen LogP contribution in [0.15, 0.2) is 24.3 Å². The van der Waals surface area contributed by atoms with E-state index in [0.29, 0.717) is 6.04 Å². The van der Waals surface area contributed by atoms with Crippen LogP contribution >= 0.6 is 11.3 Å². The van der Waals surface area contributed by atoms with Crippen LogP contribution < -0.4 is 5.32 Å². The molecule has 0 amide bonds. The molecule has 1 aromatic heterocycles. The van der Waals surface area contributed by atoms with Gasteiger partial charge >= 0.3 is 0 Å². The molecule has 102 valence electrons. The Labute approximate surface area is 119 Å². The monoisotopic (exact) mass is 274 g/mol. The van der Waals surface area contributed by atoms with Crippen molar-refractivity contribution in [3.05, 3.63) is 29.3 Å². The van der Waals surface area contributed by atoms with Crippen LogP contribution in [0.3, 0.4) is 0 Å². The van der Waals surface area contributed by atoms with E-state index in [0.717, 1.165) is 18.0 Å². The van der Waals surface area contributed by atoms with E-state index < -0.39 is 0 Å². The predicted molar refractivity (Wildman–Crippen MR) is 82.5 cm³/mol. The van der Waals surface area contributed by atoms with Crippen LogP contribution in [0.5, 0.6) is 0 Å². The lowest BCUT2D eigenvalue weighted by molar-refractivity contribution is 0.280. The Morgan fingerprint density at radius 2 is 2.05 bits per heavy atom. The Balaban J connectivity index is 1.58. The van der Waals surface area contributed by atoms with Crippen molar-refractivity contribution < 1.29 is 0 Å². The first-order chi connectivity index (χ1) is 9.33. The maximum atomic E-state index is 4.69. The SMILES string of the molecule is C[C@H](NCc1nc2ccccc2s1)C1CCCCC1. The first-order valence-corrected chi connectivity index (χ1v) is 8.22. The molecule has 0 unspecified atom stereocenters. The molecule has 1 fully saturated rings. The van der Waals surface area contributed by atoms with E-state index in [1.54, 1.807) is 0 Å². The summed E-state index contributed by atoms with van der Waals surface area (Å²) in [6.45, 7) is 3.25. The van der Waals surface area contributed by atoms with Crippen molar-refractivity contribution in [1.82, 2.24) is 10.3 Å². The summed E-state index contributed by atoms with van der Waals surface area (Å²) < 4.78 is 1.30. The third-order valence-electron chi connectivity index (χ3n) is 4.27. The highest BCUT2D eigenvalue weighted by atomic mass is 32.1. The molecule has 0 radical (unpaired) electrons. The largest absolute Gasteiger partial charge is 0.308 e.